The van der Waals surface area contributed by atoms with Gasteiger partial charge in [-0.15, -0.1) is 0 Å². The highest BCUT2D eigenvalue weighted by Crippen LogP contribution is 2.11. The van der Waals surface area contributed by atoms with Crippen LogP contribution in [0.2, 0.25) is 0 Å². The van der Waals surface area contributed by atoms with Crippen molar-refractivity contribution in [1.29, 1.82) is 0 Å². The maximum atomic E-state index is 11.9. The van der Waals surface area contributed by atoms with Crippen LogP contribution in [-0.4, -0.2) is 39.8 Å². The van der Waals surface area contributed by atoms with Crippen molar-refractivity contribution in [3.8, 4) is 0 Å². The predicted molar refractivity (Wildman–Crippen MR) is 83.4 cm³/mol. The molecule has 4 nitrogen and oxygen atoms in total. The minimum absolute atomic E-state index is 0.0286. The van der Waals surface area contributed by atoms with Crippen LogP contribution in [0.4, 0.5) is 5.69 Å². The maximum absolute atomic E-state index is 11.9. The average Bonchev–Trinajstić information content (AvgIpc) is 2.42. The molecule has 0 fully saturated rings. The van der Waals surface area contributed by atoms with E-state index in [1.54, 1.807) is 0 Å². The van der Waals surface area contributed by atoms with Gasteiger partial charge in [-0.25, -0.2) is 0 Å². The van der Waals surface area contributed by atoms with E-state index in [2.05, 4.69) is 19.2 Å². The van der Waals surface area contributed by atoms with Gasteiger partial charge in [0.05, 0.1) is 0 Å². The van der Waals surface area contributed by atoms with E-state index in [1.165, 1.54) is 0 Å². The Labute approximate surface area is 122 Å². The summed E-state index contributed by atoms with van der Waals surface area (Å²) in [7, 11) is 3.96. The third kappa shape index (κ3) is 6.06. The van der Waals surface area contributed by atoms with Crippen LogP contribution in [-0.2, 0) is 4.74 Å². The fourth-order valence-corrected chi connectivity index (χ4v) is 1.71. The van der Waals surface area contributed by atoms with Crippen LogP contribution in [0.5, 0.6) is 0 Å². The molecule has 0 heterocycles. The lowest BCUT2D eigenvalue weighted by atomic mass is 10.2. The van der Waals surface area contributed by atoms with Crippen molar-refractivity contribution >= 4 is 11.6 Å². The zero-order chi connectivity index (χ0) is 15.0. The number of benzene rings is 1. The van der Waals surface area contributed by atoms with Gasteiger partial charge >= 0.3 is 0 Å². The molecule has 20 heavy (non-hydrogen) atoms. The fraction of sp³-hybridized carbons (Fsp3) is 0.562. The Hall–Kier alpha value is -1.55. The van der Waals surface area contributed by atoms with Gasteiger partial charge < -0.3 is 15.0 Å². The Morgan fingerprint density at radius 2 is 1.90 bits per heavy atom. The van der Waals surface area contributed by atoms with Gasteiger partial charge in [-0.1, -0.05) is 13.8 Å². The summed E-state index contributed by atoms with van der Waals surface area (Å²) in [5, 5.41) is 2.90. The molecule has 0 saturated carbocycles. The number of rotatable bonds is 8. The molecule has 0 aromatic heterocycles. The van der Waals surface area contributed by atoms with E-state index in [-0.39, 0.29) is 5.91 Å². The van der Waals surface area contributed by atoms with E-state index in [0.29, 0.717) is 24.6 Å². The maximum Gasteiger partial charge on any atom is 0.251 e. The Bertz CT molecular complexity index is 399. The summed E-state index contributed by atoms with van der Waals surface area (Å²) in [5.74, 6) is 0.527. The summed E-state index contributed by atoms with van der Waals surface area (Å²) in [6, 6.07) is 7.58. The Morgan fingerprint density at radius 3 is 2.45 bits per heavy atom. The van der Waals surface area contributed by atoms with E-state index in [1.807, 2.05) is 43.3 Å². The highest BCUT2D eigenvalue weighted by molar-refractivity contribution is 5.94. The molecule has 0 unspecified atom stereocenters. The molecule has 0 atom stereocenters. The molecule has 0 radical (unpaired) electrons. The number of amides is 1. The van der Waals surface area contributed by atoms with Crippen molar-refractivity contribution in [3.63, 3.8) is 0 Å². The molecular weight excluding hydrogens is 252 g/mol. The lowest BCUT2D eigenvalue weighted by Gasteiger charge is -2.12. The molecule has 1 rings (SSSR count). The molecule has 1 aromatic rings. The quantitative estimate of drug-likeness (QED) is 0.743. The van der Waals surface area contributed by atoms with Crippen molar-refractivity contribution in [3.05, 3.63) is 29.8 Å². The van der Waals surface area contributed by atoms with Crippen LogP contribution >= 0.6 is 0 Å². The van der Waals surface area contributed by atoms with Gasteiger partial charge in [0.15, 0.2) is 0 Å². The van der Waals surface area contributed by atoms with Gasteiger partial charge in [-0.2, -0.15) is 0 Å². The van der Waals surface area contributed by atoms with Gasteiger partial charge in [0.2, 0.25) is 0 Å². The predicted octanol–water partition coefficient (Wildman–Crippen LogP) is 2.55. The van der Waals surface area contributed by atoms with E-state index < -0.39 is 0 Å². The standard InChI is InChI=1S/C16H26N2O2/c1-13(2)12-20-11-5-10-17-16(19)14-6-8-15(9-7-14)18(3)4/h6-9,13H,5,10-12H2,1-4H3,(H,17,19). The lowest BCUT2D eigenvalue weighted by Crippen LogP contribution is -2.25. The second-order valence-electron chi connectivity index (χ2n) is 5.52. The summed E-state index contributed by atoms with van der Waals surface area (Å²) in [5.41, 5.74) is 1.78. The molecule has 0 aliphatic heterocycles. The molecule has 0 bridgehead atoms. The second kappa shape index (κ2) is 8.59. The molecule has 1 N–H and O–H groups in total. The summed E-state index contributed by atoms with van der Waals surface area (Å²) in [6.45, 7) is 6.36. The summed E-state index contributed by atoms with van der Waals surface area (Å²) in [4.78, 5) is 13.9. The number of carbonyl (C=O) groups excluding carboxylic acids is 1. The van der Waals surface area contributed by atoms with Crippen LogP contribution in [0, 0.1) is 5.92 Å². The van der Waals surface area contributed by atoms with Crippen molar-refractivity contribution in [2.45, 2.75) is 20.3 Å². The van der Waals surface area contributed by atoms with Gasteiger partial charge in [-0.3, -0.25) is 4.79 Å². The molecule has 0 aliphatic rings. The van der Waals surface area contributed by atoms with Gasteiger partial charge in [0, 0.05) is 45.1 Å². The Balaban J connectivity index is 2.25. The zero-order valence-corrected chi connectivity index (χ0v) is 13.0. The summed E-state index contributed by atoms with van der Waals surface area (Å²) >= 11 is 0. The SMILES string of the molecule is CC(C)COCCCNC(=O)c1ccc(N(C)C)cc1. The van der Waals surface area contributed by atoms with Crippen LogP contribution < -0.4 is 10.2 Å². The molecule has 4 heteroatoms. The lowest BCUT2D eigenvalue weighted by molar-refractivity contribution is 0.0925. The summed E-state index contributed by atoms with van der Waals surface area (Å²) < 4.78 is 5.47. The van der Waals surface area contributed by atoms with E-state index >= 15 is 0 Å². The molecule has 0 spiro atoms. The first-order valence-corrected chi connectivity index (χ1v) is 7.14. The van der Waals surface area contributed by atoms with Crippen molar-refractivity contribution in [1.82, 2.24) is 5.32 Å². The number of carbonyl (C=O) groups is 1. The molecule has 112 valence electrons. The number of nitrogens with zero attached hydrogens (tertiary/aromatic N) is 1. The second-order valence-corrected chi connectivity index (χ2v) is 5.52. The largest absolute Gasteiger partial charge is 0.381 e. The molecule has 1 aromatic carbocycles. The number of anilines is 1. The van der Waals surface area contributed by atoms with Crippen molar-refractivity contribution in [2.75, 3.05) is 38.8 Å². The van der Waals surface area contributed by atoms with Crippen LogP contribution in [0.15, 0.2) is 24.3 Å². The van der Waals surface area contributed by atoms with E-state index in [4.69, 9.17) is 4.74 Å². The number of hydrogen-bond acceptors (Lipinski definition) is 3. The van der Waals surface area contributed by atoms with E-state index in [9.17, 15) is 4.79 Å². The smallest absolute Gasteiger partial charge is 0.251 e. The number of hydrogen-bond donors (Lipinski definition) is 1. The fourth-order valence-electron chi connectivity index (χ4n) is 1.71. The topological polar surface area (TPSA) is 41.6 Å². The highest BCUT2D eigenvalue weighted by atomic mass is 16.5. The van der Waals surface area contributed by atoms with Crippen LogP contribution in [0.3, 0.4) is 0 Å². The van der Waals surface area contributed by atoms with Crippen molar-refractivity contribution < 1.29 is 9.53 Å². The molecule has 0 aliphatic carbocycles. The van der Waals surface area contributed by atoms with Crippen molar-refractivity contribution in [2.24, 2.45) is 5.92 Å². The van der Waals surface area contributed by atoms with Gasteiger partial charge in [0.25, 0.3) is 5.91 Å². The minimum atomic E-state index is -0.0286. The van der Waals surface area contributed by atoms with Gasteiger partial charge in [0.1, 0.15) is 0 Å². The average molecular weight is 278 g/mol. The zero-order valence-electron chi connectivity index (χ0n) is 13.0. The molecule has 0 saturated heterocycles. The summed E-state index contributed by atoms with van der Waals surface area (Å²) in [6.07, 6.45) is 0.842. The normalized spacial score (nSPS) is 10.7. The monoisotopic (exact) mass is 278 g/mol. The minimum Gasteiger partial charge on any atom is -0.381 e. The first-order valence-electron chi connectivity index (χ1n) is 7.14. The van der Waals surface area contributed by atoms with E-state index in [0.717, 1.165) is 18.7 Å². The Morgan fingerprint density at radius 1 is 1.25 bits per heavy atom. The number of nitrogens with one attached hydrogen (secondary N) is 1. The van der Waals surface area contributed by atoms with Crippen LogP contribution in [0.25, 0.3) is 0 Å². The van der Waals surface area contributed by atoms with Gasteiger partial charge in [-0.05, 0) is 36.6 Å². The third-order valence-electron chi connectivity index (χ3n) is 2.85. The molecular formula is C16H26N2O2. The Kier molecular flexibility index (Phi) is 7.09. The van der Waals surface area contributed by atoms with Crippen LogP contribution in [0.1, 0.15) is 30.6 Å². The highest BCUT2D eigenvalue weighted by Gasteiger charge is 2.05. The first-order chi connectivity index (χ1) is 9.50. The number of ether oxygens (including phenoxy) is 1. The first kappa shape index (κ1) is 16.5. The molecule has 1 amide bonds. The third-order valence-corrected chi connectivity index (χ3v) is 2.85.